The summed E-state index contributed by atoms with van der Waals surface area (Å²) in [4.78, 5) is 19.0. The number of likely N-dealkylation sites (N-methyl/N-ethyl adjacent to an activating group) is 1. The smallest absolute Gasteiger partial charge is 0.266 e. The van der Waals surface area contributed by atoms with E-state index in [4.69, 9.17) is 11.6 Å². The summed E-state index contributed by atoms with van der Waals surface area (Å²) in [7, 11) is 2.08. The molecule has 6 heteroatoms. The van der Waals surface area contributed by atoms with Crippen LogP contribution in [-0.2, 0) is 0 Å². The second kappa shape index (κ2) is 5.97. The van der Waals surface area contributed by atoms with Crippen LogP contribution in [0.3, 0.4) is 0 Å². The number of rotatable bonds is 2. The van der Waals surface area contributed by atoms with Crippen LogP contribution in [0.1, 0.15) is 10.4 Å². The first kappa shape index (κ1) is 14.3. The van der Waals surface area contributed by atoms with Gasteiger partial charge in [0, 0.05) is 31.6 Å². The number of hydrazine groups is 1. The summed E-state index contributed by atoms with van der Waals surface area (Å²) >= 11 is 6.02. The predicted molar refractivity (Wildman–Crippen MR) is 83.3 cm³/mol. The molecule has 2 heterocycles. The molecule has 0 saturated carbocycles. The molecule has 1 aliphatic rings. The lowest BCUT2D eigenvalue weighted by Gasteiger charge is -2.32. The summed E-state index contributed by atoms with van der Waals surface area (Å²) < 4.78 is 0. The number of fused-ring (bicyclic) bond motifs is 1. The number of benzene rings is 1. The quantitative estimate of drug-likeness (QED) is 0.859. The number of carbonyl (C=O) groups excluding carboxylic acids is 1. The molecular weight excluding hydrogens is 288 g/mol. The maximum Gasteiger partial charge on any atom is 0.266 e. The SMILES string of the molecule is CN1CCN(NC(=O)c2cc(Cl)nc3ccccc23)CC1. The zero-order valence-electron chi connectivity index (χ0n) is 11.8. The molecule has 1 aliphatic heterocycles. The minimum Gasteiger partial charge on any atom is -0.304 e. The van der Waals surface area contributed by atoms with Gasteiger partial charge in [-0.3, -0.25) is 10.2 Å². The predicted octanol–water partition coefficient (Wildman–Crippen LogP) is 1.78. The molecule has 0 spiro atoms. The maximum atomic E-state index is 12.5. The Kier molecular flexibility index (Phi) is 4.05. The van der Waals surface area contributed by atoms with Crippen LogP contribution in [0.4, 0.5) is 0 Å². The van der Waals surface area contributed by atoms with Crippen molar-refractivity contribution in [3.05, 3.63) is 41.0 Å². The van der Waals surface area contributed by atoms with Crippen molar-refractivity contribution < 1.29 is 4.79 Å². The maximum absolute atomic E-state index is 12.5. The highest BCUT2D eigenvalue weighted by atomic mass is 35.5. The lowest BCUT2D eigenvalue weighted by molar-refractivity contribution is 0.0664. The van der Waals surface area contributed by atoms with Crippen LogP contribution in [0.15, 0.2) is 30.3 Å². The molecule has 0 atom stereocenters. The number of carbonyl (C=O) groups is 1. The van der Waals surface area contributed by atoms with Gasteiger partial charge < -0.3 is 4.90 Å². The molecule has 0 aliphatic carbocycles. The molecule has 1 saturated heterocycles. The van der Waals surface area contributed by atoms with Gasteiger partial charge in [0.15, 0.2) is 0 Å². The lowest BCUT2D eigenvalue weighted by atomic mass is 10.1. The molecule has 21 heavy (non-hydrogen) atoms. The van der Waals surface area contributed by atoms with Crippen molar-refractivity contribution >= 4 is 28.4 Å². The average Bonchev–Trinajstić information content (AvgIpc) is 2.48. The van der Waals surface area contributed by atoms with Crippen LogP contribution >= 0.6 is 11.6 Å². The Morgan fingerprint density at radius 3 is 2.71 bits per heavy atom. The number of piperazine rings is 1. The summed E-state index contributed by atoms with van der Waals surface area (Å²) in [6.07, 6.45) is 0. The number of nitrogens with zero attached hydrogens (tertiary/aromatic N) is 3. The number of hydrogen-bond donors (Lipinski definition) is 1. The number of aromatic nitrogens is 1. The van der Waals surface area contributed by atoms with Gasteiger partial charge in [-0.15, -0.1) is 0 Å². The third-order valence-corrected chi connectivity index (χ3v) is 3.89. The molecule has 0 radical (unpaired) electrons. The van der Waals surface area contributed by atoms with Crippen LogP contribution in [0.2, 0.25) is 5.15 Å². The number of nitrogens with one attached hydrogen (secondary N) is 1. The van der Waals surface area contributed by atoms with Gasteiger partial charge in [0.1, 0.15) is 5.15 Å². The van der Waals surface area contributed by atoms with E-state index < -0.39 is 0 Å². The molecular formula is C15H17ClN4O. The first-order valence-electron chi connectivity index (χ1n) is 6.93. The number of halogens is 1. The van der Waals surface area contributed by atoms with E-state index in [1.807, 2.05) is 29.3 Å². The fraction of sp³-hybridized carbons (Fsp3) is 0.333. The van der Waals surface area contributed by atoms with Crippen molar-refractivity contribution in [3.8, 4) is 0 Å². The molecule has 3 rings (SSSR count). The van der Waals surface area contributed by atoms with Gasteiger partial charge in [-0.05, 0) is 19.2 Å². The minimum absolute atomic E-state index is 0.139. The molecule has 1 amide bonds. The summed E-state index contributed by atoms with van der Waals surface area (Å²) in [5, 5.41) is 3.09. The summed E-state index contributed by atoms with van der Waals surface area (Å²) in [5.41, 5.74) is 4.25. The first-order chi connectivity index (χ1) is 10.1. The van der Waals surface area contributed by atoms with Crippen molar-refractivity contribution in [2.75, 3.05) is 33.2 Å². The molecule has 0 bridgehead atoms. The van der Waals surface area contributed by atoms with E-state index in [1.54, 1.807) is 6.07 Å². The second-order valence-electron chi connectivity index (χ2n) is 5.24. The van der Waals surface area contributed by atoms with Crippen LogP contribution in [0.25, 0.3) is 10.9 Å². The highest BCUT2D eigenvalue weighted by molar-refractivity contribution is 6.30. The average molecular weight is 305 g/mol. The van der Waals surface area contributed by atoms with E-state index in [2.05, 4.69) is 22.4 Å². The summed E-state index contributed by atoms with van der Waals surface area (Å²) in [6.45, 7) is 3.52. The van der Waals surface area contributed by atoms with E-state index >= 15 is 0 Å². The standard InChI is InChI=1S/C15H17ClN4O/c1-19-6-8-20(9-7-19)18-15(21)12-10-14(16)17-13-5-3-2-4-11(12)13/h2-5,10H,6-9H2,1H3,(H,18,21). The van der Waals surface area contributed by atoms with Crippen molar-refractivity contribution in [1.29, 1.82) is 0 Å². The van der Waals surface area contributed by atoms with Crippen LogP contribution in [-0.4, -0.2) is 54.0 Å². The largest absolute Gasteiger partial charge is 0.304 e. The van der Waals surface area contributed by atoms with Gasteiger partial charge in [0.25, 0.3) is 5.91 Å². The molecule has 1 aromatic heterocycles. The molecule has 1 aromatic carbocycles. The fourth-order valence-corrected chi connectivity index (χ4v) is 2.65. The Labute approximate surface area is 128 Å². The van der Waals surface area contributed by atoms with Crippen LogP contribution in [0, 0.1) is 0 Å². The van der Waals surface area contributed by atoms with Crippen LogP contribution < -0.4 is 5.43 Å². The Bertz CT molecular complexity index is 668. The molecule has 1 fully saturated rings. The van der Waals surface area contributed by atoms with Crippen molar-refractivity contribution in [2.45, 2.75) is 0 Å². The summed E-state index contributed by atoms with van der Waals surface area (Å²) in [5.74, 6) is -0.139. The van der Waals surface area contributed by atoms with Gasteiger partial charge in [0.2, 0.25) is 0 Å². The Morgan fingerprint density at radius 1 is 1.24 bits per heavy atom. The molecule has 110 valence electrons. The minimum atomic E-state index is -0.139. The van der Waals surface area contributed by atoms with Gasteiger partial charge in [-0.1, -0.05) is 29.8 Å². The number of amides is 1. The highest BCUT2D eigenvalue weighted by Crippen LogP contribution is 2.20. The molecule has 5 nitrogen and oxygen atoms in total. The van der Waals surface area contributed by atoms with Crippen molar-refractivity contribution in [2.24, 2.45) is 0 Å². The Morgan fingerprint density at radius 2 is 1.95 bits per heavy atom. The number of pyridine rings is 1. The monoisotopic (exact) mass is 304 g/mol. The second-order valence-corrected chi connectivity index (χ2v) is 5.63. The van der Waals surface area contributed by atoms with Crippen molar-refractivity contribution in [3.63, 3.8) is 0 Å². The fourth-order valence-electron chi connectivity index (χ4n) is 2.45. The third kappa shape index (κ3) is 3.15. The van der Waals surface area contributed by atoms with E-state index in [9.17, 15) is 4.79 Å². The lowest BCUT2D eigenvalue weighted by Crippen LogP contribution is -2.52. The topological polar surface area (TPSA) is 48.5 Å². The zero-order chi connectivity index (χ0) is 14.8. The summed E-state index contributed by atoms with van der Waals surface area (Å²) in [6, 6.07) is 9.14. The van der Waals surface area contributed by atoms with Gasteiger partial charge in [0.05, 0.1) is 11.1 Å². The van der Waals surface area contributed by atoms with E-state index in [-0.39, 0.29) is 5.91 Å². The van der Waals surface area contributed by atoms with E-state index in [0.717, 1.165) is 37.1 Å². The van der Waals surface area contributed by atoms with Crippen molar-refractivity contribution in [1.82, 2.24) is 20.3 Å². The van der Waals surface area contributed by atoms with E-state index in [0.29, 0.717) is 10.7 Å². The van der Waals surface area contributed by atoms with Gasteiger partial charge in [-0.25, -0.2) is 9.99 Å². The number of hydrogen-bond acceptors (Lipinski definition) is 4. The van der Waals surface area contributed by atoms with Crippen LogP contribution in [0.5, 0.6) is 0 Å². The van der Waals surface area contributed by atoms with Gasteiger partial charge >= 0.3 is 0 Å². The van der Waals surface area contributed by atoms with E-state index in [1.165, 1.54) is 0 Å². The third-order valence-electron chi connectivity index (χ3n) is 3.69. The number of para-hydroxylation sites is 1. The molecule has 1 N–H and O–H groups in total. The Balaban J connectivity index is 1.84. The highest BCUT2D eigenvalue weighted by Gasteiger charge is 2.18. The normalized spacial score (nSPS) is 17.0. The Hall–Kier alpha value is -1.69. The first-order valence-corrected chi connectivity index (χ1v) is 7.31. The molecule has 2 aromatic rings. The zero-order valence-corrected chi connectivity index (χ0v) is 12.6. The van der Waals surface area contributed by atoms with Gasteiger partial charge in [-0.2, -0.15) is 0 Å². The molecule has 0 unspecified atom stereocenters.